The Hall–Kier alpha value is -2.59. The molecule has 0 saturated carbocycles. The monoisotopic (exact) mass is 413 g/mol. The maximum Gasteiger partial charge on any atom is 0.275 e. The van der Waals surface area contributed by atoms with Crippen LogP contribution in [0.4, 0.5) is 10.9 Å². The van der Waals surface area contributed by atoms with Gasteiger partial charge in [-0.05, 0) is 19.4 Å². The molecule has 0 aromatic carbocycles. The van der Waals surface area contributed by atoms with E-state index in [0.717, 1.165) is 59.5 Å². The molecule has 4 aromatic heterocycles. The van der Waals surface area contributed by atoms with Crippen LogP contribution >= 0.6 is 22.7 Å². The minimum absolute atomic E-state index is 0.112. The molecule has 4 aromatic rings. The van der Waals surface area contributed by atoms with Gasteiger partial charge in [0, 0.05) is 42.8 Å². The summed E-state index contributed by atoms with van der Waals surface area (Å²) in [6.07, 6.45) is 2.39. The van der Waals surface area contributed by atoms with Crippen LogP contribution in [0.25, 0.3) is 15.2 Å². The smallest absolute Gasteiger partial charge is 0.275 e. The lowest BCUT2D eigenvalue weighted by Gasteiger charge is -2.35. The highest BCUT2D eigenvalue weighted by Gasteiger charge is 2.23. The van der Waals surface area contributed by atoms with E-state index in [1.54, 1.807) is 23.7 Å². The molecule has 28 heavy (non-hydrogen) atoms. The van der Waals surface area contributed by atoms with E-state index >= 15 is 0 Å². The van der Waals surface area contributed by atoms with Gasteiger partial charge >= 0.3 is 0 Å². The molecule has 1 aliphatic heterocycles. The lowest BCUT2D eigenvalue weighted by Crippen LogP contribution is -2.47. The Kier molecular flexibility index (Phi) is 4.24. The number of thiophene rings is 1. The van der Waals surface area contributed by atoms with Crippen LogP contribution in [0, 0.1) is 6.92 Å². The van der Waals surface area contributed by atoms with Gasteiger partial charge in [0.15, 0.2) is 0 Å². The van der Waals surface area contributed by atoms with Crippen molar-refractivity contribution in [3.63, 3.8) is 0 Å². The molecule has 0 atom stereocenters. The molecule has 0 aliphatic carbocycles. The second-order valence-electron chi connectivity index (χ2n) is 6.77. The third kappa shape index (κ3) is 2.92. The normalized spacial score (nSPS) is 15.1. The maximum atomic E-state index is 12.2. The van der Waals surface area contributed by atoms with E-state index in [-0.39, 0.29) is 5.56 Å². The lowest BCUT2D eigenvalue weighted by molar-refractivity contribution is 0.643. The summed E-state index contributed by atoms with van der Waals surface area (Å²) in [5, 5.41) is 6.48. The number of aromatic nitrogens is 5. The number of rotatable bonds is 3. The fourth-order valence-electron chi connectivity index (χ4n) is 3.48. The van der Waals surface area contributed by atoms with Crippen LogP contribution in [0.2, 0.25) is 0 Å². The van der Waals surface area contributed by atoms with E-state index in [1.807, 2.05) is 6.92 Å². The molecule has 0 N–H and O–H groups in total. The van der Waals surface area contributed by atoms with Crippen LogP contribution in [0.15, 0.2) is 23.3 Å². The molecule has 8 nitrogen and oxygen atoms in total. The van der Waals surface area contributed by atoms with Crippen molar-refractivity contribution >= 4 is 48.8 Å². The molecule has 1 fully saturated rings. The molecule has 1 aliphatic rings. The second-order valence-corrected chi connectivity index (χ2v) is 8.93. The van der Waals surface area contributed by atoms with Crippen molar-refractivity contribution in [1.29, 1.82) is 0 Å². The van der Waals surface area contributed by atoms with Crippen molar-refractivity contribution in [2.45, 2.75) is 20.3 Å². The number of aryl methyl sites for hydroxylation is 2. The molecule has 5 heterocycles. The molecule has 0 spiro atoms. The van der Waals surface area contributed by atoms with Crippen molar-refractivity contribution in [3.8, 4) is 0 Å². The van der Waals surface area contributed by atoms with Crippen LogP contribution in [-0.2, 0) is 6.42 Å². The summed E-state index contributed by atoms with van der Waals surface area (Å²) < 4.78 is 1.41. The second kappa shape index (κ2) is 6.78. The van der Waals surface area contributed by atoms with Gasteiger partial charge in [-0.1, -0.05) is 18.3 Å². The molecule has 10 heteroatoms. The molecule has 0 unspecified atom stereocenters. The Morgan fingerprint density at radius 1 is 1.07 bits per heavy atom. The van der Waals surface area contributed by atoms with Gasteiger partial charge in [-0.2, -0.15) is 4.52 Å². The molecule has 144 valence electrons. The first-order chi connectivity index (χ1) is 13.6. The molecule has 0 amide bonds. The van der Waals surface area contributed by atoms with Gasteiger partial charge in [0.05, 0.1) is 5.39 Å². The fraction of sp³-hybridized carbons (Fsp3) is 0.389. The van der Waals surface area contributed by atoms with Crippen molar-refractivity contribution in [2.75, 3.05) is 36.0 Å². The Balaban J connectivity index is 1.39. The first kappa shape index (κ1) is 17.5. The summed E-state index contributed by atoms with van der Waals surface area (Å²) in [6, 6.07) is 3.73. The predicted molar refractivity (Wildman–Crippen MR) is 113 cm³/mol. The number of piperazine rings is 1. The van der Waals surface area contributed by atoms with Gasteiger partial charge in [0.2, 0.25) is 10.1 Å². The molecule has 0 radical (unpaired) electrons. The molecule has 5 rings (SSSR count). The Morgan fingerprint density at radius 2 is 1.86 bits per heavy atom. The van der Waals surface area contributed by atoms with Crippen molar-refractivity contribution < 1.29 is 0 Å². The van der Waals surface area contributed by atoms with E-state index in [1.165, 1.54) is 20.7 Å². The SMILES string of the molecule is CCc1cc(=O)n2nc(N3CCN(c4ncnc5sc(C)cc45)CC3)sc2n1. The Labute approximate surface area is 169 Å². The Morgan fingerprint density at radius 3 is 2.64 bits per heavy atom. The number of fused-ring (bicyclic) bond motifs is 2. The number of hydrogen-bond donors (Lipinski definition) is 0. The first-order valence-electron chi connectivity index (χ1n) is 9.23. The zero-order valence-corrected chi connectivity index (χ0v) is 17.3. The highest BCUT2D eigenvalue weighted by molar-refractivity contribution is 7.20. The van der Waals surface area contributed by atoms with Crippen molar-refractivity contribution in [2.24, 2.45) is 0 Å². The number of hydrogen-bond acceptors (Lipinski definition) is 9. The van der Waals surface area contributed by atoms with Crippen molar-refractivity contribution in [3.05, 3.63) is 39.4 Å². The van der Waals surface area contributed by atoms with Gasteiger partial charge in [0.25, 0.3) is 5.56 Å². The van der Waals surface area contributed by atoms with E-state index < -0.39 is 0 Å². The van der Waals surface area contributed by atoms with Crippen molar-refractivity contribution in [1.82, 2.24) is 24.6 Å². The molecular weight excluding hydrogens is 394 g/mol. The summed E-state index contributed by atoms with van der Waals surface area (Å²) in [7, 11) is 0. The summed E-state index contributed by atoms with van der Waals surface area (Å²) in [6.45, 7) is 7.44. The van der Waals surface area contributed by atoms with Crippen LogP contribution in [0.3, 0.4) is 0 Å². The third-order valence-corrected chi connectivity index (χ3v) is 6.86. The molecule has 1 saturated heterocycles. The van der Waals surface area contributed by atoms with Gasteiger partial charge in [-0.3, -0.25) is 4.79 Å². The Bertz CT molecular complexity index is 1220. The standard InChI is InChI=1S/C18H19N7OS2/c1-3-12-9-14(26)25-17(21-12)28-18(22-25)24-6-4-23(5-7-24)15-13-8-11(2)27-16(13)20-10-19-15/h8-10H,3-7H2,1-2H3. The van der Waals surface area contributed by atoms with Crippen LogP contribution in [0.1, 0.15) is 17.5 Å². The van der Waals surface area contributed by atoms with Gasteiger partial charge in [-0.15, -0.1) is 16.4 Å². The largest absolute Gasteiger partial charge is 0.352 e. The summed E-state index contributed by atoms with van der Waals surface area (Å²) in [4.78, 5) is 33.2. The highest BCUT2D eigenvalue weighted by atomic mass is 32.1. The zero-order valence-electron chi connectivity index (χ0n) is 15.6. The zero-order chi connectivity index (χ0) is 19.3. The number of nitrogens with zero attached hydrogens (tertiary/aromatic N) is 7. The average molecular weight is 414 g/mol. The lowest BCUT2D eigenvalue weighted by atomic mass is 10.2. The van der Waals surface area contributed by atoms with E-state index in [9.17, 15) is 4.79 Å². The highest BCUT2D eigenvalue weighted by Crippen LogP contribution is 2.31. The van der Waals surface area contributed by atoms with E-state index in [4.69, 9.17) is 0 Å². The molecule has 0 bridgehead atoms. The predicted octanol–water partition coefficient (Wildman–Crippen LogP) is 2.35. The number of anilines is 2. The quantitative estimate of drug-likeness (QED) is 0.510. The minimum atomic E-state index is -0.112. The van der Waals surface area contributed by atoms with Crippen LogP contribution < -0.4 is 15.4 Å². The summed E-state index contributed by atoms with van der Waals surface area (Å²) >= 11 is 3.17. The molecular formula is C18H19N7OS2. The maximum absolute atomic E-state index is 12.2. The van der Waals surface area contributed by atoms with Gasteiger partial charge < -0.3 is 9.80 Å². The van der Waals surface area contributed by atoms with Crippen LogP contribution in [-0.4, -0.2) is 50.7 Å². The first-order valence-corrected chi connectivity index (χ1v) is 10.9. The summed E-state index contributed by atoms with van der Waals surface area (Å²) in [5.74, 6) is 1.00. The van der Waals surface area contributed by atoms with Gasteiger partial charge in [-0.25, -0.2) is 15.0 Å². The minimum Gasteiger partial charge on any atom is -0.352 e. The topological polar surface area (TPSA) is 79.5 Å². The fourth-order valence-corrected chi connectivity index (χ4v) is 5.30. The van der Waals surface area contributed by atoms with E-state index in [0.29, 0.717) is 4.96 Å². The van der Waals surface area contributed by atoms with Gasteiger partial charge in [0.1, 0.15) is 17.0 Å². The summed E-state index contributed by atoms with van der Waals surface area (Å²) in [5.41, 5.74) is 0.697. The average Bonchev–Trinajstić information content (AvgIpc) is 3.30. The third-order valence-electron chi connectivity index (χ3n) is 4.93. The van der Waals surface area contributed by atoms with E-state index in [2.05, 4.69) is 42.8 Å². The van der Waals surface area contributed by atoms with Crippen LogP contribution in [0.5, 0.6) is 0 Å².